The molecule has 0 amide bonds. The van der Waals surface area contributed by atoms with Gasteiger partial charge in [0.1, 0.15) is 5.75 Å². The lowest BCUT2D eigenvalue weighted by molar-refractivity contribution is 0.378. The molecule has 1 unspecified atom stereocenters. The molecular formula is C13H15ClN4O2. The van der Waals surface area contributed by atoms with Gasteiger partial charge in [-0.3, -0.25) is 0 Å². The van der Waals surface area contributed by atoms with Gasteiger partial charge in [-0.05, 0) is 36.2 Å². The third-order valence-corrected chi connectivity index (χ3v) is 2.90. The summed E-state index contributed by atoms with van der Waals surface area (Å²) in [6, 6.07) is 7.91. The fourth-order valence-electron chi connectivity index (χ4n) is 1.66. The summed E-state index contributed by atoms with van der Waals surface area (Å²) >= 11 is 5.80. The Labute approximate surface area is 122 Å². The summed E-state index contributed by atoms with van der Waals surface area (Å²) in [4.78, 5) is 11.9. The lowest BCUT2D eigenvalue weighted by atomic mass is 10.1. The molecule has 0 aliphatic heterocycles. The van der Waals surface area contributed by atoms with Crippen LogP contribution < -0.4 is 14.8 Å². The van der Waals surface area contributed by atoms with Crippen LogP contribution in [0.25, 0.3) is 0 Å². The monoisotopic (exact) mass is 294 g/mol. The highest BCUT2D eigenvalue weighted by Crippen LogP contribution is 2.21. The number of hydrogen-bond acceptors (Lipinski definition) is 6. The van der Waals surface area contributed by atoms with E-state index >= 15 is 0 Å². The molecule has 1 N–H and O–H groups in total. The number of ether oxygens (including phenoxy) is 2. The number of hydrogen-bond donors (Lipinski definition) is 1. The average molecular weight is 295 g/mol. The van der Waals surface area contributed by atoms with E-state index in [4.69, 9.17) is 21.1 Å². The topological polar surface area (TPSA) is 69.2 Å². The first-order chi connectivity index (χ1) is 9.62. The second kappa shape index (κ2) is 6.38. The highest BCUT2D eigenvalue weighted by Gasteiger charge is 2.10. The van der Waals surface area contributed by atoms with Crippen LogP contribution in [0.2, 0.25) is 5.28 Å². The highest BCUT2D eigenvalue weighted by molar-refractivity contribution is 6.28. The van der Waals surface area contributed by atoms with E-state index < -0.39 is 0 Å². The van der Waals surface area contributed by atoms with Gasteiger partial charge in [0.2, 0.25) is 11.2 Å². The van der Waals surface area contributed by atoms with Crippen molar-refractivity contribution in [3.05, 3.63) is 35.1 Å². The Hall–Kier alpha value is -2.08. The number of aromatic nitrogens is 3. The number of nitrogens with zero attached hydrogens (tertiary/aromatic N) is 3. The molecule has 0 radical (unpaired) electrons. The fraction of sp³-hybridized carbons (Fsp3) is 0.308. The van der Waals surface area contributed by atoms with Crippen molar-refractivity contribution in [3.63, 3.8) is 0 Å². The quantitative estimate of drug-likeness (QED) is 0.914. The molecule has 0 saturated heterocycles. The Morgan fingerprint density at radius 1 is 1.05 bits per heavy atom. The predicted octanol–water partition coefficient (Wildman–Crippen LogP) is 2.72. The zero-order chi connectivity index (χ0) is 14.5. The van der Waals surface area contributed by atoms with E-state index in [2.05, 4.69) is 20.3 Å². The molecule has 1 heterocycles. The van der Waals surface area contributed by atoms with Gasteiger partial charge in [0, 0.05) is 0 Å². The van der Waals surface area contributed by atoms with Crippen molar-refractivity contribution in [1.82, 2.24) is 15.0 Å². The zero-order valence-electron chi connectivity index (χ0n) is 11.4. The third-order valence-electron chi connectivity index (χ3n) is 2.73. The number of benzene rings is 1. The molecule has 1 aromatic heterocycles. The molecular weight excluding hydrogens is 280 g/mol. The minimum absolute atomic E-state index is 0.00378. The molecule has 7 heteroatoms. The third kappa shape index (κ3) is 3.48. The van der Waals surface area contributed by atoms with Crippen LogP contribution in [0.5, 0.6) is 11.8 Å². The Morgan fingerprint density at radius 2 is 1.75 bits per heavy atom. The molecule has 0 spiro atoms. The van der Waals surface area contributed by atoms with Crippen LogP contribution in [0.15, 0.2) is 24.3 Å². The van der Waals surface area contributed by atoms with Crippen molar-refractivity contribution < 1.29 is 9.47 Å². The number of halogens is 1. The van der Waals surface area contributed by atoms with E-state index in [1.165, 1.54) is 7.11 Å². The zero-order valence-corrected chi connectivity index (χ0v) is 12.2. The van der Waals surface area contributed by atoms with Crippen molar-refractivity contribution in [3.8, 4) is 11.8 Å². The average Bonchev–Trinajstić information content (AvgIpc) is 2.46. The van der Waals surface area contributed by atoms with Gasteiger partial charge in [0.15, 0.2) is 0 Å². The standard InChI is InChI=1S/C13H15ClN4O2/c1-8(9-4-6-10(19-2)7-5-9)15-12-16-11(14)17-13(18-12)20-3/h4-8H,1-3H3,(H,15,16,17,18). The minimum Gasteiger partial charge on any atom is -0.497 e. The first-order valence-corrected chi connectivity index (χ1v) is 6.36. The Bertz CT molecular complexity index is 577. The summed E-state index contributed by atoms with van der Waals surface area (Å²) in [5.41, 5.74) is 1.07. The lowest BCUT2D eigenvalue weighted by Crippen LogP contribution is -2.10. The van der Waals surface area contributed by atoms with Crippen molar-refractivity contribution in [2.24, 2.45) is 0 Å². The number of rotatable bonds is 5. The largest absolute Gasteiger partial charge is 0.497 e. The van der Waals surface area contributed by atoms with E-state index in [1.54, 1.807) is 7.11 Å². The summed E-state index contributed by atoms with van der Waals surface area (Å²) in [5, 5.41) is 3.23. The van der Waals surface area contributed by atoms with Gasteiger partial charge < -0.3 is 14.8 Å². The minimum atomic E-state index is 0.00378. The number of methoxy groups -OCH3 is 2. The molecule has 2 aromatic rings. The molecule has 2 rings (SSSR count). The van der Waals surface area contributed by atoms with Crippen LogP contribution in [0.4, 0.5) is 5.95 Å². The second-order valence-corrected chi connectivity index (χ2v) is 4.39. The van der Waals surface area contributed by atoms with Crippen LogP contribution in [-0.4, -0.2) is 29.2 Å². The predicted molar refractivity (Wildman–Crippen MR) is 76.4 cm³/mol. The Balaban J connectivity index is 2.13. The maximum Gasteiger partial charge on any atom is 0.322 e. The van der Waals surface area contributed by atoms with Gasteiger partial charge in [-0.15, -0.1) is 0 Å². The van der Waals surface area contributed by atoms with E-state index in [0.29, 0.717) is 5.95 Å². The molecule has 6 nitrogen and oxygen atoms in total. The summed E-state index contributed by atoms with van der Waals surface area (Å²) in [7, 11) is 3.11. The van der Waals surface area contributed by atoms with E-state index in [9.17, 15) is 0 Å². The van der Waals surface area contributed by atoms with Crippen LogP contribution >= 0.6 is 11.6 Å². The molecule has 0 aliphatic carbocycles. The van der Waals surface area contributed by atoms with Gasteiger partial charge in [-0.2, -0.15) is 15.0 Å². The summed E-state index contributed by atoms with van der Waals surface area (Å²) < 4.78 is 10.1. The molecule has 20 heavy (non-hydrogen) atoms. The summed E-state index contributed by atoms with van der Waals surface area (Å²) in [6.45, 7) is 1.99. The fourth-order valence-corrected chi connectivity index (χ4v) is 1.81. The molecule has 0 bridgehead atoms. The van der Waals surface area contributed by atoms with E-state index in [0.717, 1.165) is 11.3 Å². The smallest absolute Gasteiger partial charge is 0.322 e. The van der Waals surface area contributed by atoms with Crippen molar-refractivity contribution in [2.75, 3.05) is 19.5 Å². The molecule has 0 fully saturated rings. The van der Waals surface area contributed by atoms with Gasteiger partial charge in [0.25, 0.3) is 0 Å². The number of nitrogens with one attached hydrogen (secondary N) is 1. The van der Waals surface area contributed by atoms with Crippen LogP contribution in [0, 0.1) is 0 Å². The van der Waals surface area contributed by atoms with Crippen LogP contribution in [-0.2, 0) is 0 Å². The molecule has 106 valence electrons. The van der Waals surface area contributed by atoms with Gasteiger partial charge in [-0.25, -0.2) is 0 Å². The second-order valence-electron chi connectivity index (χ2n) is 4.05. The van der Waals surface area contributed by atoms with Crippen molar-refractivity contribution >= 4 is 17.5 Å². The number of anilines is 1. The van der Waals surface area contributed by atoms with Gasteiger partial charge >= 0.3 is 6.01 Å². The van der Waals surface area contributed by atoms with E-state index in [1.807, 2.05) is 31.2 Å². The molecule has 0 aliphatic rings. The summed E-state index contributed by atoms with van der Waals surface area (Å²) in [5.74, 6) is 1.18. The SMILES string of the molecule is COc1ccc(C(C)Nc2nc(Cl)nc(OC)n2)cc1. The Kier molecular flexibility index (Phi) is 4.57. The summed E-state index contributed by atoms with van der Waals surface area (Å²) in [6.07, 6.45) is 0. The maximum absolute atomic E-state index is 5.80. The van der Waals surface area contributed by atoms with Crippen molar-refractivity contribution in [1.29, 1.82) is 0 Å². The lowest BCUT2D eigenvalue weighted by Gasteiger charge is -2.14. The molecule has 1 atom stereocenters. The van der Waals surface area contributed by atoms with Crippen LogP contribution in [0.1, 0.15) is 18.5 Å². The maximum atomic E-state index is 5.80. The highest BCUT2D eigenvalue weighted by atomic mass is 35.5. The van der Waals surface area contributed by atoms with Crippen LogP contribution in [0.3, 0.4) is 0 Å². The first kappa shape index (κ1) is 14.3. The normalized spacial score (nSPS) is 11.8. The first-order valence-electron chi connectivity index (χ1n) is 5.98. The van der Waals surface area contributed by atoms with Crippen molar-refractivity contribution in [2.45, 2.75) is 13.0 Å². The molecule has 1 aromatic carbocycles. The Morgan fingerprint density at radius 3 is 2.35 bits per heavy atom. The van der Waals surface area contributed by atoms with Gasteiger partial charge in [-0.1, -0.05) is 12.1 Å². The van der Waals surface area contributed by atoms with Gasteiger partial charge in [0.05, 0.1) is 20.3 Å². The van der Waals surface area contributed by atoms with E-state index in [-0.39, 0.29) is 17.3 Å². The molecule has 0 saturated carbocycles.